The molecule has 3 aromatic rings. The molecule has 3 heterocycles. The average molecular weight is 470 g/mol. The van der Waals surface area contributed by atoms with Crippen molar-refractivity contribution in [3.05, 3.63) is 47.9 Å². The Morgan fingerprint density at radius 3 is 2.58 bits per heavy atom. The number of fused-ring (bicyclic) bond motifs is 1. The molecule has 2 aliphatic rings. The zero-order valence-electron chi connectivity index (χ0n) is 17.4. The quantitative estimate of drug-likeness (QED) is 0.528. The number of amides is 1. The van der Waals surface area contributed by atoms with E-state index in [2.05, 4.69) is 10.1 Å². The summed E-state index contributed by atoms with van der Waals surface area (Å²) in [5, 5.41) is 14.3. The molecule has 7 nitrogen and oxygen atoms in total. The number of benzene rings is 1. The minimum absolute atomic E-state index is 0.0848. The van der Waals surface area contributed by atoms with Crippen LogP contribution >= 0.6 is 12.2 Å². The Bertz CT molecular complexity index is 1350. The van der Waals surface area contributed by atoms with Crippen molar-refractivity contribution in [1.82, 2.24) is 14.8 Å². The number of aromatic nitrogens is 3. The van der Waals surface area contributed by atoms with Gasteiger partial charge in [0.15, 0.2) is 10.8 Å². The van der Waals surface area contributed by atoms with Gasteiger partial charge in [0, 0.05) is 17.6 Å². The Morgan fingerprint density at radius 1 is 1.21 bits per heavy atom. The van der Waals surface area contributed by atoms with Crippen molar-refractivity contribution in [2.75, 3.05) is 9.80 Å². The van der Waals surface area contributed by atoms with Crippen LogP contribution in [0.3, 0.4) is 0 Å². The van der Waals surface area contributed by atoms with Crippen LogP contribution in [0.2, 0.25) is 0 Å². The van der Waals surface area contributed by atoms with Crippen molar-refractivity contribution < 1.29 is 18.0 Å². The highest BCUT2D eigenvalue weighted by Crippen LogP contribution is 2.48. The summed E-state index contributed by atoms with van der Waals surface area (Å²) in [6.45, 7) is 2.69. The number of carbonyl (C=O) groups is 1. The summed E-state index contributed by atoms with van der Waals surface area (Å²) in [6, 6.07) is 7.84. The number of pyridine rings is 1. The van der Waals surface area contributed by atoms with Crippen LogP contribution < -0.4 is 9.80 Å². The minimum atomic E-state index is -4.79. The molecule has 0 atom stereocenters. The number of hydrogen-bond acceptors (Lipinski definition) is 5. The van der Waals surface area contributed by atoms with E-state index in [1.165, 1.54) is 6.07 Å². The van der Waals surface area contributed by atoms with Crippen molar-refractivity contribution in [3.8, 4) is 6.07 Å². The summed E-state index contributed by atoms with van der Waals surface area (Å²) in [6.07, 6.45) is -0.114. The van der Waals surface area contributed by atoms with Crippen LogP contribution in [-0.4, -0.2) is 31.3 Å². The number of alkyl halides is 3. The van der Waals surface area contributed by atoms with Crippen molar-refractivity contribution in [2.45, 2.75) is 44.4 Å². The predicted molar refractivity (Wildman–Crippen MR) is 119 cm³/mol. The van der Waals surface area contributed by atoms with Crippen LogP contribution in [0, 0.1) is 11.3 Å². The number of carbonyl (C=O) groups excluding carboxylic acids is 1. The van der Waals surface area contributed by atoms with Crippen molar-refractivity contribution in [1.29, 1.82) is 5.26 Å². The smallest absolute Gasteiger partial charge is 0.303 e. The third kappa shape index (κ3) is 3.01. The van der Waals surface area contributed by atoms with E-state index in [1.54, 1.807) is 11.1 Å². The van der Waals surface area contributed by atoms with Gasteiger partial charge in [-0.25, -0.2) is 4.98 Å². The topological polar surface area (TPSA) is 78.1 Å². The van der Waals surface area contributed by atoms with Crippen molar-refractivity contribution in [3.63, 3.8) is 0 Å². The van der Waals surface area contributed by atoms with Gasteiger partial charge in [-0.2, -0.15) is 23.5 Å². The van der Waals surface area contributed by atoms with E-state index in [1.807, 2.05) is 29.8 Å². The molecule has 5 rings (SSSR count). The molecular weight excluding hydrogens is 453 g/mol. The summed E-state index contributed by atoms with van der Waals surface area (Å²) in [4.78, 5) is 20.0. The van der Waals surface area contributed by atoms with Gasteiger partial charge in [0.2, 0.25) is 0 Å². The largest absolute Gasteiger partial charge is 0.419 e. The predicted octanol–water partition coefficient (Wildman–Crippen LogP) is 4.40. The summed E-state index contributed by atoms with van der Waals surface area (Å²) < 4.78 is 42.4. The van der Waals surface area contributed by atoms with Gasteiger partial charge in [-0.3, -0.25) is 14.4 Å². The first kappa shape index (κ1) is 21.3. The average Bonchev–Trinajstić information content (AvgIpc) is 3.27. The van der Waals surface area contributed by atoms with E-state index in [9.17, 15) is 18.0 Å². The first-order valence-corrected chi connectivity index (χ1v) is 10.7. The molecule has 1 amide bonds. The number of nitrogens with zero attached hydrogens (tertiary/aromatic N) is 6. The van der Waals surface area contributed by atoms with Crippen LogP contribution in [0.25, 0.3) is 10.9 Å². The number of hydrogen-bond donors (Lipinski definition) is 0. The van der Waals surface area contributed by atoms with Crippen LogP contribution in [0.4, 0.5) is 24.5 Å². The molecule has 33 heavy (non-hydrogen) atoms. The van der Waals surface area contributed by atoms with E-state index < -0.39 is 23.0 Å². The normalized spacial score (nSPS) is 17.7. The molecule has 0 radical (unpaired) electrons. The molecule has 1 spiro atoms. The fourth-order valence-corrected chi connectivity index (χ4v) is 5.02. The maximum Gasteiger partial charge on any atom is 0.419 e. The molecular formula is C22H17F3N6OS. The van der Waals surface area contributed by atoms with Gasteiger partial charge in [-0.05, 0) is 62.7 Å². The standard InChI is InChI=1S/C22H17F3N6OS/c1-2-29-18-5-4-14(8-13(18)11-28-29)31-20(33)30(19(32)21(31)6-3-7-21)15-9-16(22(23,24)25)17(10-26)27-12-15/h4-5,8-9,11-12H,2-3,6-7H2,1H3. The number of nitriles is 1. The molecule has 1 aliphatic heterocycles. The second-order valence-corrected chi connectivity index (χ2v) is 8.41. The second-order valence-electron chi connectivity index (χ2n) is 8.05. The molecule has 0 bridgehead atoms. The molecule has 0 unspecified atom stereocenters. The number of aryl methyl sites for hydroxylation is 1. The van der Waals surface area contributed by atoms with Crippen LogP contribution in [0.5, 0.6) is 0 Å². The highest BCUT2D eigenvalue weighted by Gasteiger charge is 2.59. The highest BCUT2D eigenvalue weighted by atomic mass is 32.1. The van der Waals surface area contributed by atoms with E-state index >= 15 is 0 Å². The third-order valence-electron chi connectivity index (χ3n) is 6.32. The number of rotatable bonds is 3. The van der Waals surface area contributed by atoms with Gasteiger partial charge >= 0.3 is 6.18 Å². The number of halogens is 3. The van der Waals surface area contributed by atoms with Gasteiger partial charge in [0.25, 0.3) is 5.91 Å². The van der Waals surface area contributed by atoms with E-state index in [0.717, 1.165) is 34.5 Å². The lowest BCUT2D eigenvalue weighted by atomic mass is 9.75. The monoisotopic (exact) mass is 470 g/mol. The van der Waals surface area contributed by atoms with Crippen LogP contribution in [0.1, 0.15) is 37.4 Å². The van der Waals surface area contributed by atoms with Gasteiger partial charge in [0.05, 0.1) is 29.2 Å². The molecule has 1 aromatic carbocycles. The van der Waals surface area contributed by atoms with Crippen molar-refractivity contribution in [2.24, 2.45) is 0 Å². The van der Waals surface area contributed by atoms with Crippen molar-refractivity contribution >= 4 is 45.5 Å². The maximum atomic E-state index is 13.5. The summed E-state index contributed by atoms with van der Waals surface area (Å²) >= 11 is 5.64. The van der Waals surface area contributed by atoms with E-state index in [-0.39, 0.29) is 16.7 Å². The van der Waals surface area contributed by atoms with Gasteiger partial charge in [-0.1, -0.05) is 0 Å². The summed E-state index contributed by atoms with van der Waals surface area (Å²) in [5.74, 6) is -0.386. The molecule has 11 heteroatoms. The van der Waals surface area contributed by atoms with E-state index in [0.29, 0.717) is 25.1 Å². The van der Waals surface area contributed by atoms with Gasteiger partial charge < -0.3 is 4.90 Å². The molecule has 168 valence electrons. The fraction of sp³-hybridized carbons (Fsp3) is 0.318. The first-order chi connectivity index (χ1) is 15.7. The Balaban J connectivity index is 1.61. The van der Waals surface area contributed by atoms with Gasteiger partial charge in [-0.15, -0.1) is 0 Å². The SMILES string of the molecule is CCn1ncc2cc(N3C(=S)N(c4cnc(C#N)c(C(F)(F)F)c4)C(=O)C34CCC4)ccc21. The molecule has 2 aromatic heterocycles. The minimum Gasteiger partial charge on any atom is -0.303 e. The number of anilines is 2. The lowest BCUT2D eigenvalue weighted by Crippen LogP contribution is -2.55. The first-order valence-electron chi connectivity index (χ1n) is 10.3. The zero-order valence-corrected chi connectivity index (χ0v) is 18.2. The van der Waals surface area contributed by atoms with E-state index in [4.69, 9.17) is 17.5 Å². The lowest BCUT2D eigenvalue weighted by Gasteiger charge is -2.43. The Labute approximate surface area is 192 Å². The molecule has 0 N–H and O–H groups in total. The third-order valence-corrected chi connectivity index (χ3v) is 6.68. The Morgan fingerprint density at radius 2 is 1.97 bits per heavy atom. The fourth-order valence-electron chi connectivity index (χ4n) is 4.55. The highest BCUT2D eigenvalue weighted by molar-refractivity contribution is 7.81. The molecule has 1 aliphatic carbocycles. The van der Waals surface area contributed by atoms with Crippen LogP contribution in [-0.2, 0) is 17.5 Å². The molecule has 2 fully saturated rings. The lowest BCUT2D eigenvalue weighted by molar-refractivity contribution is -0.138. The summed E-state index contributed by atoms with van der Waals surface area (Å²) in [7, 11) is 0. The van der Waals surface area contributed by atoms with Crippen LogP contribution in [0.15, 0.2) is 36.7 Å². The van der Waals surface area contributed by atoms with Gasteiger partial charge in [0.1, 0.15) is 11.6 Å². The number of thiocarbonyl (C=S) groups is 1. The Hall–Kier alpha value is -3.52. The Kier molecular flexibility index (Phi) is 4.68. The maximum absolute atomic E-state index is 13.5. The molecule has 1 saturated heterocycles. The second kappa shape index (κ2) is 7.25. The zero-order chi connectivity index (χ0) is 23.5. The summed E-state index contributed by atoms with van der Waals surface area (Å²) in [5.41, 5.74) is -1.40. The molecule has 1 saturated carbocycles.